The maximum atomic E-state index is 2.00. The van der Waals surface area contributed by atoms with Crippen molar-refractivity contribution in [2.45, 2.75) is 0 Å². The van der Waals surface area contributed by atoms with Crippen LogP contribution < -0.4 is 51.4 Å². The molecule has 2 heteroatoms. The van der Waals surface area contributed by atoms with E-state index in [1.165, 1.54) is 0 Å². The van der Waals surface area contributed by atoms with E-state index in [2.05, 4.69) is 0 Å². The van der Waals surface area contributed by atoms with E-state index in [1.807, 2.05) is 37.0 Å². The summed E-state index contributed by atoms with van der Waals surface area (Å²) in [5.74, 6) is 4.00. The minimum atomic E-state index is 0. The van der Waals surface area contributed by atoms with Gasteiger partial charge in [0.2, 0.25) is 0 Å². The molecular weight excluding hydrogens is 110 g/mol. The fourth-order valence-corrected chi connectivity index (χ4v) is 0.385. The van der Waals surface area contributed by atoms with E-state index >= 15 is 0 Å². The first kappa shape index (κ1) is 8.05. The summed E-state index contributed by atoms with van der Waals surface area (Å²) >= 11 is 0. The first-order valence-electron chi connectivity index (χ1n) is 2.00. The number of hydrogen-bond donors (Lipinski definition) is 0. The van der Waals surface area contributed by atoms with Gasteiger partial charge in [-0.2, -0.15) is 0 Å². The summed E-state index contributed by atoms with van der Waals surface area (Å²) in [6.07, 6.45) is 0. The van der Waals surface area contributed by atoms with Gasteiger partial charge in [-0.1, -0.05) is 0 Å². The van der Waals surface area contributed by atoms with Crippen LogP contribution in [0.25, 0.3) is 0 Å². The molecule has 1 rings (SSSR count). The Balaban J connectivity index is 0. The van der Waals surface area contributed by atoms with Gasteiger partial charge in [0, 0.05) is 0 Å². The Labute approximate surface area is 88.4 Å². The van der Waals surface area contributed by atoms with Crippen molar-refractivity contribution < 1.29 is 52.8 Å². The van der Waals surface area contributed by atoms with Crippen LogP contribution in [-0.4, -0.2) is 6.91 Å². The van der Waals surface area contributed by atoms with E-state index in [9.17, 15) is 0 Å². The van der Waals surface area contributed by atoms with Crippen molar-refractivity contribution in [1.82, 2.24) is 0 Å². The summed E-state index contributed by atoms with van der Waals surface area (Å²) in [5, 5.41) is 0. The molecule has 0 atom stereocenters. The second-order valence-corrected chi connectivity index (χ2v) is 1.15. The summed E-state index contributed by atoms with van der Waals surface area (Å²) in [6.45, 7) is 2.00. The molecule has 0 amide bonds. The molecule has 0 bridgehead atoms. The topological polar surface area (TPSA) is 0 Å². The molecule has 0 unspecified atom stereocenters. The quantitative estimate of drug-likeness (QED) is 0.349. The van der Waals surface area contributed by atoms with Crippen LogP contribution in [0.5, 0.6) is 0 Å². The Hall–Kier alpha value is 1.05. The standard InChI is InChI=1S/C5H5B.K.H/c1-2-4-6-5-3-1;;/h1-5H;;/q;+1;-1. The zero-order chi connectivity index (χ0) is 4.24. The summed E-state index contributed by atoms with van der Waals surface area (Å²) in [7, 11) is 0. The van der Waals surface area contributed by atoms with Crippen molar-refractivity contribution in [3.63, 3.8) is 0 Å². The second-order valence-electron chi connectivity index (χ2n) is 1.15. The Bertz CT molecular complexity index is 84.4. The molecule has 0 saturated heterocycles. The third-order valence-corrected chi connectivity index (χ3v) is 0.667. The zero-order valence-corrected chi connectivity index (χ0v) is 7.59. The van der Waals surface area contributed by atoms with Crippen molar-refractivity contribution in [3.05, 3.63) is 30.1 Å². The van der Waals surface area contributed by atoms with E-state index in [4.69, 9.17) is 0 Å². The van der Waals surface area contributed by atoms with E-state index in [-0.39, 0.29) is 52.8 Å². The SMILES string of the molecule is [H-].[K+].b1ccccc1. The Morgan fingerprint density at radius 1 is 1.00 bits per heavy atom. The van der Waals surface area contributed by atoms with Crippen LogP contribution in [0, 0.1) is 0 Å². The van der Waals surface area contributed by atoms with Crippen molar-refractivity contribution >= 4 is 6.91 Å². The fourth-order valence-electron chi connectivity index (χ4n) is 0.385. The third kappa shape index (κ3) is 3.62. The van der Waals surface area contributed by atoms with Crippen LogP contribution in [0.2, 0.25) is 0 Å². The molecule has 0 N–H and O–H groups in total. The predicted molar refractivity (Wildman–Crippen MR) is 28.9 cm³/mol. The van der Waals surface area contributed by atoms with Crippen LogP contribution in [0.4, 0.5) is 0 Å². The second kappa shape index (κ2) is 5.19. The summed E-state index contributed by atoms with van der Waals surface area (Å²) in [5.41, 5.74) is 0. The molecule has 1 aromatic heterocycles. The van der Waals surface area contributed by atoms with Crippen LogP contribution in [0.1, 0.15) is 1.43 Å². The molecule has 0 aromatic carbocycles. The van der Waals surface area contributed by atoms with Gasteiger partial charge >= 0.3 is 88.4 Å². The van der Waals surface area contributed by atoms with E-state index in [1.54, 1.807) is 0 Å². The number of hydrogen-bond acceptors (Lipinski definition) is 0. The van der Waals surface area contributed by atoms with Crippen LogP contribution in [0.3, 0.4) is 0 Å². The van der Waals surface area contributed by atoms with Gasteiger partial charge in [0.15, 0.2) is 0 Å². The van der Waals surface area contributed by atoms with Gasteiger partial charge in [0.25, 0.3) is 0 Å². The fraction of sp³-hybridized carbons (Fsp3) is 0. The monoisotopic (exact) mass is 116 g/mol. The van der Waals surface area contributed by atoms with Gasteiger partial charge in [0.1, 0.15) is 0 Å². The Morgan fingerprint density at radius 3 is 1.71 bits per heavy atom. The molecule has 7 heavy (non-hydrogen) atoms. The van der Waals surface area contributed by atoms with Gasteiger partial charge in [-0.15, -0.1) is 0 Å². The van der Waals surface area contributed by atoms with Crippen LogP contribution in [0.15, 0.2) is 30.1 Å². The molecule has 1 aromatic rings. The first-order chi connectivity index (χ1) is 3.00. The van der Waals surface area contributed by atoms with Crippen molar-refractivity contribution in [1.29, 1.82) is 0 Å². The Kier molecular flexibility index (Phi) is 5.97. The van der Waals surface area contributed by atoms with Crippen LogP contribution in [-0.2, 0) is 0 Å². The van der Waals surface area contributed by atoms with Gasteiger partial charge in [-0.3, -0.25) is 0 Å². The van der Waals surface area contributed by atoms with Gasteiger partial charge < -0.3 is 1.43 Å². The zero-order valence-electron chi connectivity index (χ0n) is 5.46. The summed E-state index contributed by atoms with van der Waals surface area (Å²) < 4.78 is 0. The molecule has 0 fully saturated rings. The van der Waals surface area contributed by atoms with E-state index < -0.39 is 0 Å². The van der Waals surface area contributed by atoms with E-state index in [0.29, 0.717) is 0 Å². The molecule has 30 valence electrons. The average molecular weight is 116 g/mol. The molecule has 0 aliphatic carbocycles. The minimum absolute atomic E-state index is 0. The molecular formula is C5H6BK. The molecule has 0 aliphatic rings. The first-order valence-corrected chi connectivity index (χ1v) is 2.00. The molecule has 1 heterocycles. The maximum absolute atomic E-state index is 2.00. The van der Waals surface area contributed by atoms with Crippen molar-refractivity contribution in [3.8, 4) is 0 Å². The Morgan fingerprint density at radius 2 is 1.57 bits per heavy atom. The average Bonchev–Trinajstić information content (AvgIpc) is 1.72. The van der Waals surface area contributed by atoms with E-state index in [0.717, 1.165) is 0 Å². The predicted octanol–water partition coefficient (Wildman–Crippen LogP) is -1.86. The molecule has 0 aliphatic heterocycles. The molecule has 0 nitrogen and oxygen atoms in total. The van der Waals surface area contributed by atoms with Crippen molar-refractivity contribution in [2.75, 3.05) is 0 Å². The third-order valence-electron chi connectivity index (χ3n) is 0.667. The molecule has 0 radical (unpaired) electrons. The summed E-state index contributed by atoms with van der Waals surface area (Å²) in [4.78, 5) is 0. The number of rotatable bonds is 0. The van der Waals surface area contributed by atoms with Crippen LogP contribution >= 0.6 is 0 Å². The molecule has 0 saturated carbocycles. The van der Waals surface area contributed by atoms with Gasteiger partial charge in [0.05, 0.1) is 0 Å². The summed E-state index contributed by atoms with van der Waals surface area (Å²) in [6, 6.07) is 6.00. The molecule has 0 spiro atoms. The normalized spacial score (nSPS) is 6.29. The van der Waals surface area contributed by atoms with Crippen molar-refractivity contribution in [2.24, 2.45) is 0 Å². The van der Waals surface area contributed by atoms with Gasteiger partial charge in [-0.05, 0) is 0 Å². The van der Waals surface area contributed by atoms with Gasteiger partial charge in [-0.25, -0.2) is 0 Å².